The zero-order chi connectivity index (χ0) is 22.6. The van der Waals surface area contributed by atoms with E-state index in [-0.39, 0.29) is 30.8 Å². The van der Waals surface area contributed by atoms with E-state index in [1.165, 1.54) is 29.5 Å². The molecule has 5 rings (SSSR count). The monoisotopic (exact) mass is 437 g/mol. The van der Waals surface area contributed by atoms with Crippen LogP contribution in [0.3, 0.4) is 0 Å². The third kappa shape index (κ3) is 3.62. The molecule has 2 aliphatic rings. The van der Waals surface area contributed by atoms with Crippen molar-refractivity contribution in [2.45, 2.75) is 50.9 Å². The van der Waals surface area contributed by atoms with Gasteiger partial charge in [0.2, 0.25) is 0 Å². The molecule has 1 saturated carbocycles. The first kappa shape index (κ1) is 20.6. The molecule has 0 radical (unpaired) electrons. The number of benzene rings is 1. The summed E-state index contributed by atoms with van der Waals surface area (Å²) in [4.78, 5) is 31.5. The molecule has 0 saturated heterocycles. The Balaban J connectivity index is 1.43. The van der Waals surface area contributed by atoms with E-state index in [4.69, 9.17) is 0 Å². The first-order chi connectivity index (χ1) is 15.2. The number of alkyl halides is 1. The number of anilines is 1. The maximum Gasteiger partial charge on any atom is 0.261 e. The van der Waals surface area contributed by atoms with Gasteiger partial charge in [-0.2, -0.15) is 5.10 Å². The number of carbonyl (C=O) groups is 2. The van der Waals surface area contributed by atoms with E-state index in [1.807, 2.05) is 12.1 Å². The highest BCUT2D eigenvalue weighted by molar-refractivity contribution is 6.09. The van der Waals surface area contributed by atoms with E-state index in [0.29, 0.717) is 22.5 Å². The average Bonchev–Trinajstić information content (AvgIpc) is 3.42. The zero-order valence-electron chi connectivity index (χ0n) is 17.9. The summed E-state index contributed by atoms with van der Waals surface area (Å²) in [6, 6.07) is 5.38. The van der Waals surface area contributed by atoms with Crippen LogP contribution in [0.1, 0.15) is 64.4 Å². The van der Waals surface area contributed by atoms with Crippen LogP contribution < -0.4 is 5.32 Å². The van der Waals surface area contributed by atoms with E-state index in [0.717, 1.165) is 24.0 Å². The van der Waals surface area contributed by atoms with Gasteiger partial charge in [-0.3, -0.25) is 9.59 Å². The van der Waals surface area contributed by atoms with Gasteiger partial charge in [0, 0.05) is 30.2 Å². The molecule has 2 N–H and O–H groups in total. The summed E-state index contributed by atoms with van der Waals surface area (Å²) >= 11 is 0. The Kier molecular flexibility index (Phi) is 4.74. The van der Waals surface area contributed by atoms with Crippen molar-refractivity contribution in [2.24, 2.45) is 0 Å². The van der Waals surface area contributed by atoms with Crippen molar-refractivity contribution in [3.63, 3.8) is 0 Å². The van der Waals surface area contributed by atoms with Gasteiger partial charge in [0.15, 0.2) is 5.65 Å². The van der Waals surface area contributed by atoms with E-state index in [9.17, 15) is 19.1 Å². The number of hydrogen-bond donors (Lipinski definition) is 2. The lowest BCUT2D eigenvalue weighted by atomic mass is 10.0. The zero-order valence-corrected chi connectivity index (χ0v) is 17.9. The number of halogens is 1. The van der Waals surface area contributed by atoms with Crippen LogP contribution in [0.25, 0.3) is 5.65 Å². The van der Waals surface area contributed by atoms with E-state index in [1.54, 1.807) is 18.5 Å². The number of amides is 2. The summed E-state index contributed by atoms with van der Waals surface area (Å²) in [6.07, 6.45) is 5.21. The summed E-state index contributed by atoms with van der Waals surface area (Å²) in [5.41, 5.74) is 2.12. The van der Waals surface area contributed by atoms with Crippen molar-refractivity contribution < 1.29 is 19.1 Å². The first-order valence-electron chi connectivity index (χ1n) is 10.6. The minimum atomic E-state index is -1.56. The Hall–Kier alpha value is -3.33. The molecular formula is C23H24FN5O3. The molecule has 3 aromatic rings. The van der Waals surface area contributed by atoms with Crippen molar-refractivity contribution in [3.05, 3.63) is 59.0 Å². The highest BCUT2D eigenvalue weighted by Gasteiger charge is 2.37. The number of rotatable bonds is 6. The molecule has 2 aromatic heterocycles. The summed E-state index contributed by atoms with van der Waals surface area (Å²) in [6.45, 7) is 2.82. The van der Waals surface area contributed by atoms with Gasteiger partial charge in [-0.05, 0) is 61.9 Å². The number of hydrogen-bond acceptors (Lipinski definition) is 5. The maximum absolute atomic E-state index is 14.4. The fourth-order valence-electron chi connectivity index (χ4n) is 4.02. The minimum Gasteiger partial charge on any atom is -0.387 e. The number of fused-ring (bicyclic) bond motifs is 2. The molecule has 0 unspecified atom stereocenters. The molecule has 8 nitrogen and oxygen atoms in total. The second kappa shape index (κ2) is 7.37. The maximum atomic E-state index is 14.4. The van der Waals surface area contributed by atoms with E-state index < -0.39 is 11.8 Å². The third-order valence-corrected chi connectivity index (χ3v) is 6.09. The van der Waals surface area contributed by atoms with Gasteiger partial charge < -0.3 is 15.3 Å². The quantitative estimate of drug-likeness (QED) is 0.618. The molecule has 1 atom stereocenters. The predicted molar refractivity (Wildman–Crippen MR) is 115 cm³/mol. The molecule has 0 spiro atoms. The number of aliphatic hydroxyl groups is 1. The molecule has 3 heterocycles. The highest BCUT2D eigenvalue weighted by Crippen LogP contribution is 2.45. The molecule has 166 valence electrons. The van der Waals surface area contributed by atoms with E-state index >= 15 is 0 Å². The second-order valence-electron chi connectivity index (χ2n) is 9.08. The minimum absolute atomic E-state index is 0.189. The molecule has 9 heteroatoms. The summed E-state index contributed by atoms with van der Waals surface area (Å²) < 4.78 is 15.9. The molecule has 2 amide bonds. The Morgan fingerprint density at radius 2 is 2.16 bits per heavy atom. The molecular weight excluding hydrogens is 413 g/mol. The van der Waals surface area contributed by atoms with Crippen molar-refractivity contribution in [1.29, 1.82) is 0 Å². The first-order valence-corrected chi connectivity index (χ1v) is 10.6. The lowest BCUT2D eigenvalue weighted by molar-refractivity contribution is -0.0159. The topological polar surface area (TPSA) is 99.8 Å². The van der Waals surface area contributed by atoms with Gasteiger partial charge in [-0.25, -0.2) is 13.9 Å². The van der Waals surface area contributed by atoms with Crippen molar-refractivity contribution >= 4 is 23.1 Å². The lowest BCUT2D eigenvalue weighted by Gasteiger charge is -2.26. The molecule has 32 heavy (non-hydrogen) atoms. The molecule has 1 aliphatic carbocycles. The Bertz CT molecular complexity index is 1230. The molecule has 1 aromatic carbocycles. The SMILES string of the molecule is CC(C)(O)[C@H](F)CN1Cc2cc(NC(=O)c3cnn4cccnc34)c(C3CC3)cc2C1=O. The fraction of sp³-hybridized carbons (Fsp3) is 0.391. The normalized spacial score (nSPS) is 17.0. The van der Waals surface area contributed by atoms with Crippen LogP contribution in [0.2, 0.25) is 0 Å². The third-order valence-electron chi connectivity index (χ3n) is 6.09. The summed E-state index contributed by atoms with van der Waals surface area (Å²) in [5.74, 6) is -0.295. The molecule has 0 bridgehead atoms. The average molecular weight is 437 g/mol. The molecule has 1 fully saturated rings. The van der Waals surface area contributed by atoms with Crippen LogP contribution in [-0.4, -0.2) is 54.7 Å². The van der Waals surface area contributed by atoms with Crippen molar-refractivity contribution in [1.82, 2.24) is 19.5 Å². The fourth-order valence-corrected chi connectivity index (χ4v) is 4.02. The van der Waals surface area contributed by atoms with Crippen molar-refractivity contribution in [3.8, 4) is 0 Å². The summed E-state index contributed by atoms with van der Waals surface area (Å²) in [7, 11) is 0. The van der Waals surface area contributed by atoms with E-state index in [2.05, 4.69) is 15.4 Å². The Morgan fingerprint density at radius 1 is 1.38 bits per heavy atom. The van der Waals surface area contributed by atoms with Crippen LogP contribution in [-0.2, 0) is 6.54 Å². The predicted octanol–water partition coefficient (Wildman–Crippen LogP) is 2.92. The van der Waals surface area contributed by atoms with Gasteiger partial charge in [0.05, 0.1) is 18.3 Å². The van der Waals surface area contributed by atoms with Crippen LogP contribution in [0.4, 0.5) is 10.1 Å². The van der Waals surface area contributed by atoms with Gasteiger partial charge >= 0.3 is 0 Å². The number of nitrogens with zero attached hydrogens (tertiary/aromatic N) is 4. The molecule has 1 aliphatic heterocycles. The smallest absolute Gasteiger partial charge is 0.261 e. The highest BCUT2D eigenvalue weighted by atomic mass is 19.1. The number of carbonyl (C=O) groups excluding carboxylic acids is 2. The second-order valence-corrected chi connectivity index (χ2v) is 9.08. The van der Waals surface area contributed by atoms with Crippen molar-refractivity contribution in [2.75, 3.05) is 11.9 Å². The standard InChI is InChI=1S/C23H24FN5O3/c1-23(2,32)19(24)12-28-11-14-8-18(15(13-4-5-13)9-16(14)22(28)31)27-21(30)17-10-26-29-7-3-6-25-20(17)29/h3,6-10,13,19,32H,4-5,11-12H2,1-2H3,(H,27,30)/t19-/m1/s1. The number of nitrogens with one attached hydrogen (secondary N) is 1. The Morgan fingerprint density at radius 3 is 2.88 bits per heavy atom. The van der Waals surface area contributed by atoms with Gasteiger partial charge in [-0.15, -0.1) is 0 Å². The van der Waals surface area contributed by atoms with Gasteiger partial charge in [0.25, 0.3) is 11.8 Å². The van der Waals surface area contributed by atoms with Gasteiger partial charge in [-0.1, -0.05) is 0 Å². The van der Waals surface area contributed by atoms with Crippen LogP contribution in [0.5, 0.6) is 0 Å². The summed E-state index contributed by atoms with van der Waals surface area (Å²) in [5, 5.41) is 17.0. The largest absolute Gasteiger partial charge is 0.387 e. The Labute approximate surface area is 184 Å². The van der Waals surface area contributed by atoms with Crippen LogP contribution >= 0.6 is 0 Å². The number of aromatic nitrogens is 3. The lowest BCUT2D eigenvalue weighted by Crippen LogP contribution is -2.42. The van der Waals surface area contributed by atoms with Crippen LogP contribution in [0.15, 0.2) is 36.8 Å². The van der Waals surface area contributed by atoms with Crippen LogP contribution in [0, 0.1) is 0 Å². The van der Waals surface area contributed by atoms with Gasteiger partial charge in [0.1, 0.15) is 11.7 Å².